The molecule has 0 aliphatic heterocycles. The third kappa shape index (κ3) is 3.41. The van der Waals surface area contributed by atoms with Crippen LogP contribution in [0.1, 0.15) is 22.1 Å². The Morgan fingerprint density at radius 2 is 1.85 bits per heavy atom. The minimum Gasteiger partial charge on any atom is -0.265 e. The largest absolute Gasteiger partial charge is 0.265 e. The summed E-state index contributed by atoms with van der Waals surface area (Å²) in [7, 11) is 0. The molecule has 26 heavy (non-hydrogen) atoms. The molecule has 130 valence electrons. The average molecular weight is 361 g/mol. The Labute approximate surface area is 156 Å². The van der Waals surface area contributed by atoms with E-state index in [1.54, 1.807) is 17.5 Å². The second-order valence-corrected chi connectivity index (χ2v) is 7.25. The predicted molar refractivity (Wildman–Crippen MR) is 104 cm³/mol. The molecule has 3 aromatic heterocycles. The van der Waals surface area contributed by atoms with Crippen molar-refractivity contribution < 1.29 is 0 Å². The van der Waals surface area contributed by atoms with Crippen LogP contribution in [0.3, 0.4) is 0 Å². The van der Waals surface area contributed by atoms with Gasteiger partial charge in [0.25, 0.3) is 0 Å². The molecule has 3 heterocycles. The maximum atomic E-state index is 4.71. The molecule has 0 fully saturated rings. The maximum absolute atomic E-state index is 4.71. The number of aromatic nitrogens is 5. The zero-order valence-corrected chi connectivity index (χ0v) is 15.8. The maximum Gasteiger partial charge on any atom is 0.114 e. The lowest BCUT2D eigenvalue weighted by molar-refractivity contribution is 0.684. The monoisotopic (exact) mass is 361 g/mol. The summed E-state index contributed by atoms with van der Waals surface area (Å²) in [6.45, 7) is 6.65. The van der Waals surface area contributed by atoms with E-state index < -0.39 is 0 Å². The molecule has 0 aliphatic carbocycles. The SMILES string of the molecule is Cc1csc(Cn2ccc(-c3cccc(-c4nc(C)cnc4C)c3)n2)n1. The highest BCUT2D eigenvalue weighted by Gasteiger charge is 2.09. The van der Waals surface area contributed by atoms with Crippen LogP contribution in [-0.4, -0.2) is 24.7 Å². The minimum atomic E-state index is 0.695. The van der Waals surface area contributed by atoms with Crippen molar-refractivity contribution in [2.45, 2.75) is 27.3 Å². The summed E-state index contributed by atoms with van der Waals surface area (Å²) in [5, 5.41) is 7.84. The minimum absolute atomic E-state index is 0.695. The smallest absolute Gasteiger partial charge is 0.114 e. The molecular formula is C20H19N5S. The predicted octanol–water partition coefficient (Wildman–Crippen LogP) is 4.44. The molecule has 0 aliphatic rings. The van der Waals surface area contributed by atoms with Crippen LogP contribution in [0.25, 0.3) is 22.5 Å². The van der Waals surface area contributed by atoms with E-state index in [0.29, 0.717) is 6.54 Å². The van der Waals surface area contributed by atoms with Gasteiger partial charge in [-0.2, -0.15) is 5.10 Å². The van der Waals surface area contributed by atoms with Crippen LogP contribution in [0.5, 0.6) is 0 Å². The van der Waals surface area contributed by atoms with E-state index >= 15 is 0 Å². The average Bonchev–Trinajstić information content (AvgIpc) is 3.27. The van der Waals surface area contributed by atoms with E-state index in [9.17, 15) is 0 Å². The number of hydrogen-bond acceptors (Lipinski definition) is 5. The summed E-state index contributed by atoms with van der Waals surface area (Å²) >= 11 is 1.66. The molecule has 0 unspecified atom stereocenters. The Kier molecular flexibility index (Phi) is 4.34. The number of benzene rings is 1. The highest BCUT2D eigenvalue weighted by Crippen LogP contribution is 2.26. The third-order valence-corrected chi connectivity index (χ3v) is 5.06. The highest BCUT2D eigenvalue weighted by molar-refractivity contribution is 7.09. The number of nitrogens with zero attached hydrogens (tertiary/aromatic N) is 5. The molecule has 5 nitrogen and oxygen atoms in total. The summed E-state index contributed by atoms with van der Waals surface area (Å²) in [6, 6.07) is 10.3. The van der Waals surface area contributed by atoms with E-state index in [-0.39, 0.29) is 0 Å². The van der Waals surface area contributed by atoms with Gasteiger partial charge < -0.3 is 0 Å². The Bertz CT molecular complexity index is 1060. The molecular weight excluding hydrogens is 342 g/mol. The van der Waals surface area contributed by atoms with Crippen LogP contribution >= 0.6 is 11.3 Å². The quantitative estimate of drug-likeness (QED) is 0.539. The van der Waals surface area contributed by atoms with Crippen LogP contribution in [0.4, 0.5) is 0 Å². The van der Waals surface area contributed by atoms with Gasteiger partial charge in [-0.15, -0.1) is 11.3 Å². The zero-order chi connectivity index (χ0) is 18.1. The first-order valence-electron chi connectivity index (χ1n) is 8.44. The Balaban J connectivity index is 1.64. The molecule has 0 atom stereocenters. The molecule has 6 heteroatoms. The van der Waals surface area contributed by atoms with Crippen molar-refractivity contribution in [1.29, 1.82) is 0 Å². The first kappa shape index (κ1) is 16.6. The molecule has 0 amide bonds. The molecule has 0 saturated carbocycles. The van der Waals surface area contributed by atoms with Gasteiger partial charge in [0.05, 0.1) is 29.3 Å². The van der Waals surface area contributed by atoms with Gasteiger partial charge in [0, 0.05) is 34.6 Å². The van der Waals surface area contributed by atoms with Gasteiger partial charge in [0.1, 0.15) is 5.01 Å². The standard InChI is InChI=1S/C20H19N5S/c1-13-10-21-15(3)20(23-13)17-6-4-5-16(9-17)18-7-8-25(24-18)11-19-22-14(2)12-26-19/h4-10,12H,11H2,1-3H3. The van der Waals surface area contributed by atoms with Crippen LogP contribution in [0.2, 0.25) is 0 Å². The molecule has 4 rings (SSSR count). The highest BCUT2D eigenvalue weighted by atomic mass is 32.1. The lowest BCUT2D eigenvalue weighted by Crippen LogP contribution is -2.00. The fourth-order valence-electron chi connectivity index (χ4n) is 2.85. The third-order valence-electron chi connectivity index (χ3n) is 4.11. The summed E-state index contributed by atoms with van der Waals surface area (Å²) in [4.78, 5) is 13.6. The molecule has 0 N–H and O–H groups in total. The molecule has 1 aromatic carbocycles. The number of thiazole rings is 1. The first-order chi connectivity index (χ1) is 12.6. The van der Waals surface area contributed by atoms with E-state index in [1.165, 1.54) is 0 Å². The van der Waals surface area contributed by atoms with Crippen molar-refractivity contribution in [3.8, 4) is 22.5 Å². The van der Waals surface area contributed by atoms with E-state index in [2.05, 4.69) is 38.5 Å². The van der Waals surface area contributed by atoms with Crippen LogP contribution in [-0.2, 0) is 6.54 Å². The topological polar surface area (TPSA) is 56.5 Å². The molecule has 0 radical (unpaired) electrons. The molecule has 4 aromatic rings. The Morgan fingerprint density at radius 3 is 2.65 bits per heavy atom. The van der Waals surface area contributed by atoms with E-state index in [1.807, 2.05) is 43.8 Å². The van der Waals surface area contributed by atoms with Crippen molar-refractivity contribution >= 4 is 11.3 Å². The second kappa shape index (κ2) is 6.80. The summed E-state index contributed by atoms with van der Waals surface area (Å²) < 4.78 is 1.93. The van der Waals surface area contributed by atoms with E-state index in [4.69, 9.17) is 5.10 Å². The van der Waals surface area contributed by atoms with Crippen molar-refractivity contribution in [2.24, 2.45) is 0 Å². The normalized spacial score (nSPS) is 11.0. The van der Waals surface area contributed by atoms with Crippen LogP contribution < -0.4 is 0 Å². The van der Waals surface area contributed by atoms with Gasteiger partial charge in [0.2, 0.25) is 0 Å². The van der Waals surface area contributed by atoms with Gasteiger partial charge in [0.15, 0.2) is 0 Å². The van der Waals surface area contributed by atoms with Crippen molar-refractivity contribution in [2.75, 3.05) is 0 Å². The van der Waals surface area contributed by atoms with Crippen LogP contribution in [0, 0.1) is 20.8 Å². The summed E-state index contributed by atoms with van der Waals surface area (Å²) in [6.07, 6.45) is 3.79. The number of rotatable bonds is 4. The Hall–Kier alpha value is -2.86. The summed E-state index contributed by atoms with van der Waals surface area (Å²) in [5.41, 5.74) is 6.89. The second-order valence-electron chi connectivity index (χ2n) is 6.31. The van der Waals surface area contributed by atoms with Crippen molar-refractivity contribution in [3.63, 3.8) is 0 Å². The van der Waals surface area contributed by atoms with Gasteiger partial charge in [-0.3, -0.25) is 9.67 Å². The Morgan fingerprint density at radius 1 is 1.00 bits per heavy atom. The first-order valence-corrected chi connectivity index (χ1v) is 9.32. The zero-order valence-electron chi connectivity index (χ0n) is 15.0. The lowest BCUT2D eigenvalue weighted by atomic mass is 10.0. The summed E-state index contributed by atoms with van der Waals surface area (Å²) in [5.74, 6) is 0. The van der Waals surface area contributed by atoms with Crippen molar-refractivity contribution in [3.05, 3.63) is 70.2 Å². The lowest BCUT2D eigenvalue weighted by Gasteiger charge is -2.07. The van der Waals surface area contributed by atoms with Gasteiger partial charge in [-0.25, -0.2) is 9.97 Å². The van der Waals surface area contributed by atoms with Gasteiger partial charge >= 0.3 is 0 Å². The fourth-order valence-corrected chi connectivity index (χ4v) is 3.62. The van der Waals surface area contributed by atoms with Crippen molar-refractivity contribution in [1.82, 2.24) is 24.7 Å². The van der Waals surface area contributed by atoms with E-state index in [0.717, 1.165) is 44.6 Å². The number of hydrogen-bond donors (Lipinski definition) is 0. The van der Waals surface area contributed by atoms with Crippen LogP contribution in [0.15, 0.2) is 48.1 Å². The fraction of sp³-hybridized carbons (Fsp3) is 0.200. The molecule has 0 saturated heterocycles. The number of aryl methyl sites for hydroxylation is 3. The van der Waals surface area contributed by atoms with Gasteiger partial charge in [-0.05, 0) is 32.9 Å². The van der Waals surface area contributed by atoms with Gasteiger partial charge in [-0.1, -0.05) is 18.2 Å². The molecule has 0 bridgehead atoms. The molecule has 0 spiro atoms.